The van der Waals surface area contributed by atoms with Crippen molar-refractivity contribution >= 4 is 0 Å². The lowest BCUT2D eigenvalue weighted by Gasteiger charge is -2.59. The fourth-order valence-corrected chi connectivity index (χ4v) is 9.03. The summed E-state index contributed by atoms with van der Waals surface area (Å²) in [6.07, 6.45) is 15.0. The monoisotopic (exact) mass is 444 g/mol. The summed E-state index contributed by atoms with van der Waals surface area (Å²) in [5.74, 6) is 3.48. The molecule has 0 aromatic carbocycles. The van der Waals surface area contributed by atoms with Crippen LogP contribution in [0.2, 0.25) is 0 Å². The highest BCUT2D eigenvalue weighted by Gasteiger charge is 2.60. The van der Waals surface area contributed by atoms with E-state index >= 15 is 0 Å². The number of hydrogen-bond acceptors (Lipinski definition) is 2. The average molecular weight is 445 g/mol. The summed E-state index contributed by atoms with van der Waals surface area (Å²) in [5, 5.41) is 22.1. The van der Waals surface area contributed by atoms with Gasteiger partial charge in [0.25, 0.3) is 0 Å². The maximum absolute atomic E-state index is 11.1. The molecule has 0 spiro atoms. The van der Waals surface area contributed by atoms with Crippen LogP contribution in [0.4, 0.5) is 0 Å². The molecule has 3 fully saturated rings. The van der Waals surface area contributed by atoms with Crippen LogP contribution in [-0.4, -0.2) is 21.9 Å². The third kappa shape index (κ3) is 4.15. The van der Waals surface area contributed by atoms with Crippen LogP contribution in [0, 0.1) is 45.8 Å². The molecule has 2 nitrogen and oxygen atoms in total. The first-order chi connectivity index (χ1) is 14.8. The molecule has 0 amide bonds. The van der Waals surface area contributed by atoms with Gasteiger partial charge in [-0.1, -0.05) is 60.1 Å². The van der Waals surface area contributed by atoms with Crippen molar-refractivity contribution < 1.29 is 10.2 Å². The Labute approximate surface area is 198 Å². The molecule has 4 aliphatic rings. The molecule has 32 heavy (non-hydrogen) atoms. The van der Waals surface area contributed by atoms with E-state index in [1.54, 1.807) is 5.57 Å². The number of hydrogen-bond donors (Lipinski definition) is 2. The Hall–Kier alpha value is -0.340. The molecule has 0 aromatic rings. The van der Waals surface area contributed by atoms with Crippen molar-refractivity contribution in [1.82, 2.24) is 0 Å². The van der Waals surface area contributed by atoms with Gasteiger partial charge in [-0.05, 0) is 116 Å². The smallest absolute Gasteiger partial charge is 0.0682 e. The van der Waals surface area contributed by atoms with Crippen molar-refractivity contribution in [2.24, 2.45) is 45.8 Å². The summed E-state index contributed by atoms with van der Waals surface area (Å²) in [6, 6.07) is 0. The molecule has 0 bridgehead atoms. The maximum atomic E-state index is 11.1. The third-order valence-electron chi connectivity index (χ3n) is 11.4. The second-order valence-electron chi connectivity index (χ2n) is 14.3. The average Bonchev–Trinajstić information content (AvgIpc) is 3.08. The second-order valence-corrected chi connectivity index (χ2v) is 14.3. The van der Waals surface area contributed by atoms with Gasteiger partial charge in [0, 0.05) is 0 Å². The van der Waals surface area contributed by atoms with E-state index in [1.807, 2.05) is 0 Å². The minimum Gasteiger partial charge on any atom is -0.393 e. The molecule has 2 N–H and O–H groups in total. The summed E-state index contributed by atoms with van der Waals surface area (Å²) in [7, 11) is 0. The second kappa shape index (κ2) is 8.40. The fourth-order valence-electron chi connectivity index (χ4n) is 9.03. The molecule has 9 atom stereocenters. The van der Waals surface area contributed by atoms with Crippen LogP contribution in [0.1, 0.15) is 119 Å². The molecule has 0 radical (unpaired) electrons. The topological polar surface area (TPSA) is 40.5 Å². The SMILES string of the molecule is CC[C@]1(O)CC[C@@]2(C)C(=CC[C@H]3[C@@H]4CC[C@H]([C@H](C)[C@@H](O)CCC(C)(C)C)[C@@]4(C)CC[C@@H]32)C1. The van der Waals surface area contributed by atoms with Crippen LogP contribution in [0.25, 0.3) is 0 Å². The molecule has 0 aliphatic heterocycles. The Morgan fingerprint density at radius 1 is 1.06 bits per heavy atom. The minimum absolute atomic E-state index is 0.159. The first-order valence-corrected chi connectivity index (χ1v) is 13.9. The highest BCUT2D eigenvalue weighted by molar-refractivity contribution is 5.27. The number of allylic oxidation sites excluding steroid dienone is 1. The van der Waals surface area contributed by atoms with Gasteiger partial charge in [-0.2, -0.15) is 0 Å². The standard InChI is InChI=1S/C30H52O2/c1-8-30(32)18-17-28(6)21(19-30)9-10-22-24-12-11-23(29(24,7)16-13-25(22)28)20(2)26(31)14-15-27(3,4)5/h9,20,22-26,31-32H,8,10-19H2,1-7H3/t20-,22-,23+,24-,25-,26-,28-,29+,30-/m0/s1. The van der Waals surface area contributed by atoms with Gasteiger partial charge in [0.05, 0.1) is 11.7 Å². The lowest BCUT2D eigenvalue weighted by molar-refractivity contribution is -0.0820. The number of aliphatic hydroxyl groups is 2. The van der Waals surface area contributed by atoms with E-state index in [-0.39, 0.29) is 6.10 Å². The van der Waals surface area contributed by atoms with E-state index in [1.165, 1.54) is 38.5 Å². The molecule has 0 unspecified atom stereocenters. The highest BCUT2D eigenvalue weighted by Crippen LogP contribution is 2.67. The predicted molar refractivity (Wildman–Crippen MR) is 134 cm³/mol. The minimum atomic E-state index is -0.460. The quantitative estimate of drug-likeness (QED) is 0.430. The Bertz CT molecular complexity index is 719. The molecule has 4 rings (SSSR count). The Balaban J connectivity index is 1.50. The van der Waals surface area contributed by atoms with Crippen LogP contribution in [0.3, 0.4) is 0 Å². The normalized spacial score (nSPS) is 46.0. The summed E-state index contributed by atoms with van der Waals surface area (Å²) in [4.78, 5) is 0. The van der Waals surface area contributed by atoms with Crippen molar-refractivity contribution in [3.8, 4) is 0 Å². The lowest BCUT2D eigenvalue weighted by atomic mass is 9.46. The molecular formula is C30H52O2. The van der Waals surface area contributed by atoms with Gasteiger partial charge in [0.1, 0.15) is 0 Å². The van der Waals surface area contributed by atoms with E-state index in [2.05, 4.69) is 54.5 Å². The first kappa shape index (κ1) is 24.8. The van der Waals surface area contributed by atoms with E-state index < -0.39 is 5.60 Å². The highest BCUT2D eigenvalue weighted by atomic mass is 16.3. The van der Waals surface area contributed by atoms with E-state index in [9.17, 15) is 10.2 Å². The van der Waals surface area contributed by atoms with Crippen molar-refractivity contribution in [3.05, 3.63) is 11.6 Å². The predicted octanol–water partition coefficient (Wildman–Crippen LogP) is 7.53. The summed E-state index contributed by atoms with van der Waals surface area (Å²) >= 11 is 0. The molecule has 3 saturated carbocycles. The molecular weight excluding hydrogens is 392 g/mol. The van der Waals surface area contributed by atoms with Crippen LogP contribution >= 0.6 is 0 Å². The number of fused-ring (bicyclic) bond motifs is 5. The van der Waals surface area contributed by atoms with Crippen LogP contribution in [0.5, 0.6) is 0 Å². The molecule has 0 heterocycles. The van der Waals surface area contributed by atoms with Gasteiger partial charge in [0.2, 0.25) is 0 Å². The van der Waals surface area contributed by atoms with Crippen LogP contribution < -0.4 is 0 Å². The van der Waals surface area contributed by atoms with Gasteiger partial charge in [-0.3, -0.25) is 0 Å². The van der Waals surface area contributed by atoms with Crippen molar-refractivity contribution in [1.29, 1.82) is 0 Å². The first-order valence-electron chi connectivity index (χ1n) is 13.9. The third-order valence-corrected chi connectivity index (χ3v) is 11.4. The maximum Gasteiger partial charge on any atom is 0.0682 e. The molecule has 2 heteroatoms. The van der Waals surface area contributed by atoms with Crippen molar-refractivity contribution in [2.45, 2.75) is 131 Å². The van der Waals surface area contributed by atoms with Gasteiger partial charge in [-0.25, -0.2) is 0 Å². The number of rotatable bonds is 5. The lowest BCUT2D eigenvalue weighted by Crippen LogP contribution is -2.52. The van der Waals surface area contributed by atoms with E-state index in [0.717, 1.165) is 49.9 Å². The van der Waals surface area contributed by atoms with Crippen molar-refractivity contribution in [2.75, 3.05) is 0 Å². The zero-order valence-electron chi connectivity index (χ0n) is 22.2. The summed E-state index contributed by atoms with van der Waals surface area (Å²) in [6.45, 7) is 16.5. The molecule has 0 aromatic heterocycles. The Morgan fingerprint density at radius 3 is 2.44 bits per heavy atom. The summed E-state index contributed by atoms with van der Waals surface area (Å²) < 4.78 is 0. The van der Waals surface area contributed by atoms with Crippen molar-refractivity contribution in [3.63, 3.8) is 0 Å². The fraction of sp³-hybridized carbons (Fsp3) is 0.933. The Morgan fingerprint density at radius 2 is 1.78 bits per heavy atom. The van der Waals surface area contributed by atoms with Crippen LogP contribution in [0.15, 0.2) is 11.6 Å². The zero-order chi connectivity index (χ0) is 23.5. The zero-order valence-corrected chi connectivity index (χ0v) is 22.2. The van der Waals surface area contributed by atoms with Crippen LogP contribution in [-0.2, 0) is 0 Å². The molecule has 4 aliphatic carbocycles. The number of aliphatic hydroxyl groups excluding tert-OH is 1. The van der Waals surface area contributed by atoms with Gasteiger partial charge >= 0.3 is 0 Å². The Kier molecular flexibility index (Phi) is 6.50. The van der Waals surface area contributed by atoms with Gasteiger partial charge < -0.3 is 10.2 Å². The van der Waals surface area contributed by atoms with E-state index in [4.69, 9.17) is 0 Å². The van der Waals surface area contributed by atoms with E-state index in [0.29, 0.717) is 28.1 Å². The molecule has 184 valence electrons. The van der Waals surface area contributed by atoms with Gasteiger partial charge in [-0.15, -0.1) is 0 Å². The summed E-state index contributed by atoms with van der Waals surface area (Å²) in [5.41, 5.74) is 2.12. The van der Waals surface area contributed by atoms with Gasteiger partial charge in [0.15, 0.2) is 0 Å². The largest absolute Gasteiger partial charge is 0.393 e. The molecule has 0 saturated heterocycles.